The van der Waals surface area contributed by atoms with Gasteiger partial charge in [-0.05, 0) is 36.4 Å². The van der Waals surface area contributed by atoms with Crippen LogP contribution in [0.4, 0.5) is 9.52 Å². The van der Waals surface area contributed by atoms with E-state index in [1.165, 1.54) is 47.4 Å². The van der Waals surface area contributed by atoms with Crippen molar-refractivity contribution in [1.82, 2.24) is 9.97 Å². The van der Waals surface area contributed by atoms with Crippen molar-refractivity contribution in [3.05, 3.63) is 65.6 Å². The SMILES string of the molecule is O=C(Nc1nc(Sc2ccncc2)cs1)c1ccc(F)cc1. The van der Waals surface area contributed by atoms with E-state index in [4.69, 9.17) is 0 Å². The molecular weight excluding hydrogens is 321 g/mol. The van der Waals surface area contributed by atoms with Crippen molar-refractivity contribution in [2.75, 3.05) is 5.32 Å². The molecule has 2 heterocycles. The number of aromatic nitrogens is 2. The average molecular weight is 331 g/mol. The van der Waals surface area contributed by atoms with Crippen LogP contribution in [-0.2, 0) is 0 Å². The largest absolute Gasteiger partial charge is 0.298 e. The Hall–Kier alpha value is -2.25. The predicted octanol–water partition coefficient (Wildman–Crippen LogP) is 4.08. The first kappa shape index (κ1) is 14.7. The predicted molar refractivity (Wildman–Crippen MR) is 84.8 cm³/mol. The maximum absolute atomic E-state index is 12.8. The summed E-state index contributed by atoms with van der Waals surface area (Å²) in [5.74, 6) is -0.684. The molecular formula is C15H10FN3OS2. The van der Waals surface area contributed by atoms with E-state index in [-0.39, 0.29) is 11.7 Å². The molecule has 0 saturated heterocycles. The Kier molecular flexibility index (Phi) is 4.45. The number of rotatable bonds is 4. The molecule has 0 radical (unpaired) electrons. The monoisotopic (exact) mass is 331 g/mol. The number of amides is 1. The van der Waals surface area contributed by atoms with Gasteiger partial charge in [0.2, 0.25) is 0 Å². The topological polar surface area (TPSA) is 54.9 Å². The molecule has 4 nitrogen and oxygen atoms in total. The number of pyridine rings is 1. The summed E-state index contributed by atoms with van der Waals surface area (Å²) >= 11 is 2.83. The van der Waals surface area contributed by atoms with Crippen molar-refractivity contribution in [3.8, 4) is 0 Å². The highest BCUT2D eigenvalue weighted by Crippen LogP contribution is 2.30. The van der Waals surface area contributed by atoms with Gasteiger partial charge in [-0.3, -0.25) is 15.1 Å². The summed E-state index contributed by atoms with van der Waals surface area (Å²) in [7, 11) is 0. The third-order valence-corrected chi connectivity index (χ3v) is 4.52. The molecule has 0 aliphatic heterocycles. The van der Waals surface area contributed by atoms with E-state index in [0.29, 0.717) is 10.7 Å². The number of carbonyl (C=O) groups excluding carboxylic acids is 1. The van der Waals surface area contributed by atoms with Crippen molar-refractivity contribution in [1.29, 1.82) is 0 Å². The zero-order chi connectivity index (χ0) is 15.4. The van der Waals surface area contributed by atoms with Crippen LogP contribution in [0, 0.1) is 5.82 Å². The number of nitrogens with one attached hydrogen (secondary N) is 1. The zero-order valence-corrected chi connectivity index (χ0v) is 12.8. The van der Waals surface area contributed by atoms with E-state index >= 15 is 0 Å². The average Bonchev–Trinajstić information content (AvgIpc) is 2.96. The third-order valence-electron chi connectivity index (χ3n) is 2.68. The van der Waals surface area contributed by atoms with E-state index in [1.54, 1.807) is 12.4 Å². The van der Waals surface area contributed by atoms with Gasteiger partial charge in [0, 0.05) is 28.2 Å². The third kappa shape index (κ3) is 3.69. The van der Waals surface area contributed by atoms with E-state index in [2.05, 4.69) is 15.3 Å². The fraction of sp³-hybridized carbons (Fsp3) is 0. The van der Waals surface area contributed by atoms with Gasteiger partial charge in [-0.1, -0.05) is 11.8 Å². The standard InChI is InChI=1S/C15H10FN3OS2/c16-11-3-1-10(2-4-11)14(20)19-15-18-13(9-21-15)22-12-5-7-17-8-6-12/h1-9H,(H,18,19,20). The maximum Gasteiger partial charge on any atom is 0.257 e. The molecule has 3 rings (SSSR count). The van der Waals surface area contributed by atoms with Crippen LogP contribution in [0.15, 0.2) is 64.1 Å². The lowest BCUT2D eigenvalue weighted by Gasteiger charge is -2.01. The molecule has 0 bridgehead atoms. The first-order chi connectivity index (χ1) is 10.7. The molecule has 22 heavy (non-hydrogen) atoms. The Morgan fingerprint density at radius 2 is 1.86 bits per heavy atom. The van der Waals surface area contributed by atoms with E-state index in [0.717, 1.165) is 9.92 Å². The Morgan fingerprint density at radius 1 is 1.14 bits per heavy atom. The van der Waals surface area contributed by atoms with Gasteiger partial charge >= 0.3 is 0 Å². The number of carbonyl (C=O) groups is 1. The van der Waals surface area contributed by atoms with Gasteiger partial charge in [0.25, 0.3) is 5.91 Å². The summed E-state index contributed by atoms with van der Waals surface area (Å²) in [5, 5.41) is 5.87. The maximum atomic E-state index is 12.8. The van der Waals surface area contributed by atoms with Crippen LogP contribution in [0.5, 0.6) is 0 Å². The van der Waals surface area contributed by atoms with Gasteiger partial charge in [0.1, 0.15) is 10.8 Å². The number of thiazole rings is 1. The van der Waals surface area contributed by atoms with Crippen LogP contribution in [0.3, 0.4) is 0 Å². The molecule has 0 aliphatic rings. The number of anilines is 1. The smallest absolute Gasteiger partial charge is 0.257 e. The minimum absolute atomic E-state index is 0.310. The summed E-state index contributed by atoms with van der Waals surface area (Å²) in [6, 6.07) is 9.15. The highest BCUT2D eigenvalue weighted by Gasteiger charge is 2.10. The lowest BCUT2D eigenvalue weighted by molar-refractivity contribution is 0.102. The van der Waals surface area contributed by atoms with Crippen molar-refractivity contribution < 1.29 is 9.18 Å². The second kappa shape index (κ2) is 6.67. The van der Waals surface area contributed by atoms with Crippen LogP contribution in [0.2, 0.25) is 0 Å². The van der Waals surface area contributed by atoms with Gasteiger partial charge < -0.3 is 0 Å². The van der Waals surface area contributed by atoms with Crippen molar-refractivity contribution in [2.45, 2.75) is 9.92 Å². The number of hydrogen-bond acceptors (Lipinski definition) is 5. The second-order valence-corrected chi connectivity index (χ2v) is 6.19. The Bertz CT molecular complexity index is 775. The van der Waals surface area contributed by atoms with Crippen molar-refractivity contribution in [3.63, 3.8) is 0 Å². The van der Waals surface area contributed by atoms with Crippen LogP contribution in [0.1, 0.15) is 10.4 Å². The summed E-state index contributed by atoms with van der Waals surface area (Å²) in [5.41, 5.74) is 0.389. The molecule has 0 aliphatic carbocycles. The van der Waals surface area contributed by atoms with Crippen LogP contribution in [0.25, 0.3) is 0 Å². The van der Waals surface area contributed by atoms with Gasteiger partial charge in [-0.25, -0.2) is 9.37 Å². The number of benzene rings is 1. The summed E-state index contributed by atoms with van der Waals surface area (Å²) in [6.07, 6.45) is 3.43. The molecule has 0 fully saturated rings. The fourth-order valence-electron chi connectivity index (χ4n) is 1.66. The van der Waals surface area contributed by atoms with E-state index < -0.39 is 0 Å². The second-order valence-electron chi connectivity index (χ2n) is 4.24. The van der Waals surface area contributed by atoms with Gasteiger partial charge in [0.15, 0.2) is 5.13 Å². The fourth-order valence-corrected chi connectivity index (χ4v) is 3.26. The first-order valence-corrected chi connectivity index (χ1v) is 8.01. The highest BCUT2D eigenvalue weighted by atomic mass is 32.2. The lowest BCUT2D eigenvalue weighted by atomic mass is 10.2. The van der Waals surface area contributed by atoms with Crippen molar-refractivity contribution >= 4 is 34.1 Å². The van der Waals surface area contributed by atoms with E-state index in [1.807, 2.05) is 17.5 Å². The molecule has 1 aromatic carbocycles. The number of nitrogens with zero attached hydrogens (tertiary/aromatic N) is 2. The molecule has 1 amide bonds. The Labute approximate surface area is 134 Å². The normalized spacial score (nSPS) is 10.4. The van der Waals surface area contributed by atoms with E-state index in [9.17, 15) is 9.18 Å². The molecule has 7 heteroatoms. The van der Waals surface area contributed by atoms with Crippen LogP contribution in [-0.4, -0.2) is 15.9 Å². The van der Waals surface area contributed by atoms with Crippen molar-refractivity contribution in [2.24, 2.45) is 0 Å². The molecule has 0 spiro atoms. The summed E-state index contributed by atoms with van der Waals surface area (Å²) < 4.78 is 12.8. The Morgan fingerprint density at radius 3 is 2.59 bits per heavy atom. The quantitative estimate of drug-likeness (QED) is 0.782. The zero-order valence-electron chi connectivity index (χ0n) is 11.2. The molecule has 2 aromatic heterocycles. The van der Waals surface area contributed by atoms with Crippen LogP contribution < -0.4 is 5.32 Å². The van der Waals surface area contributed by atoms with Gasteiger partial charge in [0.05, 0.1) is 0 Å². The summed E-state index contributed by atoms with van der Waals surface area (Å²) in [6.45, 7) is 0. The minimum atomic E-state index is -0.373. The number of halogens is 1. The van der Waals surface area contributed by atoms with Crippen LogP contribution >= 0.6 is 23.1 Å². The molecule has 0 atom stereocenters. The molecule has 0 saturated carbocycles. The van der Waals surface area contributed by atoms with Gasteiger partial charge in [-0.15, -0.1) is 11.3 Å². The highest BCUT2D eigenvalue weighted by molar-refractivity contribution is 7.99. The molecule has 3 aromatic rings. The van der Waals surface area contributed by atoms with Gasteiger partial charge in [-0.2, -0.15) is 0 Å². The lowest BCUT2D eigenvalue weighted by Crippen LogP contribution is -2.11. The Balaban J connectivity index is 1.66. The summed E-state index contributed by atoms with van der Waals surface area (Å²) in [4.78, 5) is 21.3. The molecule has 1 N–H and O–H groups in total. The first-order valence-electron chi connectivity index (χ1n) is 6.31. The minimum Gasteiger partial charge on any atom is -0.298 e. The molecule has 0 unspecified atom stereocenters. The molecule has 110 valence electrons. The number of hydrogen-bond donors (Lipinski definition) is 1.